The van der Waals surface area contributed by atoms with Gasteiger partial charge >= 0.3 is 0 Å². The molecule has 1 aliphatic heterocycles. The zero-order valence-electron chi connectivity index (χ0n) is 5.25. The average molecular weight is 203 g/mol. The fraction of sp³-hybridized carbons (Fsp3) is 0.333. The lowest BCUT2D eigenvalue weighted by Gasteiger charge is -2.15. The number of nitroso groups, excluding NO2 is 1. The highest BCUT2D eigenvalue weighted by molar-refractivity contribution is 9.11. The highest BCUT2D eigenvalue weighted by Gasteiger charge is 2.11. The first kappa shape index (κ1) is 7.47. The Kier molecular flexibility index (Phi) is 2.62. The molecule has 1 aliphatic rings. The summed E-state index contributed by atoms with van der Waals surface area (Å²) < 4.78 is 0.967. The zero-order chi connectivity index (χ0) is 7.40. The predicted octanol–water partition coefficient (Wildman–Crippen LogP) is 1.52. The van der Waals surface area contributed by atoms with Crippen molar-refractivity contribution in [2.75, 3.05) is 6.54 Å². The Morgan fingerprint density at radius 1 is 1.80 bits per heavy atom. The van der Waals surface area contributed by atoms with Crippen LogP contribution in [0.2, 0.25) is 0 Å². The second kappa shape index (κ2) is 3.51. The molecule has 0 aliphatic carbocycles. The van der Waals surface area contributed by atoms with Gasteiger partial charge in [-0.3, -0.25) is 0 Å². The summed E-state index contributed by atoms with van der Waals surface area (Å²) in [6.45, 7) is 0.265. The number of hydrogen-bond acceptors (Lipinski definition) is 3. The molecule has 0 saturated heterocycles. The van der Waals surface area contributed by atoms with E-state index in [1.54, 1.807) is 6.20 Å². The highest BCUT2D eigenvalue weighted by Crippen LogP contribution is 2.14. The van der Waals surface area contributed by atoms with Crippen molar-refractivity contribution in [1.82, 2.24) is 5.32 Å². The third kappa shape index (κ3) is 1.67. The maximum Gasteiger partial charge on any atom is 0.106 e. The maximum atomic E-state index is 9.86. The van der Waals surface area contributed by atoms with Crippen molar-refractivity contribution in [2.24, 2.45) is 5.18 Å². The molecule has 0 aromatic heterocycles. The van der Waals surface area contributed by atoms with E-state index in [-0.39, 0.29) is 12.6 Å². The van der Waals surface area contributed by atoms with Crippen molar-refractivity contribution in [2.45, 2.75) is 6.04 Å². The normalized spacial score (nSPS) is 23.3. The van der Waals surface area contributed by atoms with Crippen LogP contribution in [0.3, 0.4) is 0 Å². The first-order chi connectivity index (χ1) is 4.84. The Morgan fingerprint density at radius 2 is 2.60 bits per heavy atom. The van der Waals surface area contributed by atoms with Gasteiger partial charge in [-0.25, -0.2) is 0 Å². The number of hydrogen-bond donors (Lipinski definition) is 1. The smallest absolute Gasteiger partial charge is 0.106 e. The van der Waals surface area contributed by atoms with Crippen molar-refractivity contribution in [3.63, 3.8) is 0 Å². The summed E-state index contributed by atoms with van der Waals surface area (Å²) in [6.07, 6.45) is 5.55. The molecule has 1 atom stereocenters. The number of dihydropyridines is 1. The number of nitrogens with zero attached hydrogens (tertiary/aromatic N) is 1. The maximum absolute atomic E-state index is 9.86. The van der Waals surface area contributed by atoms with Crippen molar-refractivity contribution in [3.8, 4) is 0 Å². The first-order valence-corrected chi connectivity index (χ1v) is 3.71. The van der Waals surface area contributed by atoms with Gasteiger partial charge in [0, 0.05) is 4.48 Å². The van der Waals surface area contributed by atoms with Crippen LogP contribution in [0.1, 0.15) is 0 Å². The Balaban J connectivity index is 2.55. The van der Waals surface area contributed by atoms with E-state index < -0.39 is 0 Å². The van der Waals surface area contributed by atoms with E-state index in [0.717, 1.165) is 4.48 Å². The van der Waals surface area contributed by atoms with Crippen LogP contribution in [0.15, 0.2) is 28.0 Å². The summed E-state index contributed by atoms with van der Waals surface area (Å²) in [4.78, 5) is 9.86. The monoisotopic (exact) mass is 202 g/mol. The van der Waals surface area contributed by atoms with Crippen LogP contribution < -0.4 is 5.32 Å². The van der Waals surface area contributed by atoms with Gasteiger partial charge in [0.25, 0.3) is 0 Å². The van der Waals surface area contributed by atoms with Crippen LogP contribution in [-0.4, -0.2) is 12.6 Å². The molecule has 1 heterocycles. The summed E-state index contributed by atoms with van der Waals surface area (Å²) in [6, 6.07) is 0.0301. The number of rotatable bonds is 2. The summed E-state index contributed by atoms with van der Waals surface area (Å²) in [7, 11) is 0. The Morgan fingerprint density at radius 3 is 3.20 bits per heavy atom. The largest absolute Gasteiger partial charge is 0.382 e. The van der Waals surface area contributed by atoms with Crippen molar-refractivity contribution in [3.05, 3.63) is 27.7 Å². The molecule has 4 heteroatoms. The highest BCUT2D eigenvalue weighted by atomic mass is 79.9. The fourth-order valence-electron chi connectivity index (χ4n) is 0.722. The van der Waals surface area contributed by atoms with E-state index in [1.807, 2.05) is 12.2 Å². The topological polar surface area (TPSA) is 41.5 Å². The van der Waals surface area contributed by atoms with Gasteiger partial charge in [-0.2, -0.15) is 4.91 Å². The molecule has 0 amide bonds. The van der Waals surface area contributed by atoms with Gasteiger partial charge in [0.05, 0.1) is 6.04 Å². The second-order valence-electron chi connectivity index (χ2n) is 1.94. The number of halogens is 1. The SMILES string of the molecule is O=NCC1NC=CC=C1Br. The predicted molar refractivity (Wildman–Crippen MR) is 43.7 cm³/mol. The summed E-state index contributed by atoms with van der Waals surface area (Å²) in [5.74, 6) is 0. The van der Waals surface area contributed by atoms with Gasteiger partial charge in [0.1, 0.15) is 6.54 Å². The molecule has 1 N–H and O–H groups in total. The molecule has 0 aromatic rings. The van der Waals surface area contributed by atoms with Gasteiger partial charge < -0.3 is 5.32 Å². The molecule has 0 fully saturated rings. The van der Waals surface area contributed by atoms with E-state index in [9.17, 15) is 4.91 Å². The second-order valence-corrected chi connectivity index (χ2v) is 2.86. The lowest BCUT2D eigenvalue weighted by Crippen LogP contribution is -2.29. The molecule has 1 unspecified atom stereocenters. The van der Waals surface area contributed by atoms with Crippen LogP contribution in [0, 0.1) is 4.91 Å². The van der Waals surface area contributed by atoms with Crippen LogP contribution in [0.5, 0.6) is 0 Å². The third-order valence-electron chi connectivity index (χ3n) is 1.24. The van der Waals surface area contributed by atoms with Crippen LogP contribution in [0.25, 0.3) is 0 Å². The molecule has 0 aromatic carbocycles. The van der Waals surface area contributed by atoms with Crippen LogP contribution in [-0.2, 0) is 0 Å². The van der Waals surface area contributed by atoms with E-state index in [0.29, 0.717) is 0 Å². The lowest BCUT2D eigenvalue weighted by molar-refractivity contribution is 0.694. The van der Waals surface area contributed by atoms with E-state index in [1.165, 1.54) is 0 Å². The van der Waals surface area contributed by atoms with Crippen molar-refractivity contribution in [1.29, 1.82) is 0 Å². The molecule has 54 valence electrons. The quantitative estimate of drug-likeness (QED) is 0.691. The Hall–Kier alpha value is -0.640. The molecule has 0 radical (unpaired) electrons. The Labute approximate surface area is 67.3 Å². The first-order valence-electron chi connectivity index (χ1n) is 2.92. The lowest BCUT2D eigenvalue weighted by atomic mass is 10.2. The summed E-state index contributed by atoms with van der Waals surface area (Å²) >= 11 is 3.30. The molecular formula is C6H7BrN2O. The molecule has 1 rings (SSSR count). The van der Waals surface area contributed by atoms with Gasteiger partial charge in [-0.1, -0.05) is 21.1 Å². The van der Waals surface area contributed by atoms with E-state index in [4.69, 9.17) is 0 Å². The average Bonchev–Trinajstić information content (AvgIpc) is 1.94. The molecule has 0 bridgehead atoms. The minimum atomic E-state index is 0.0301. The molecule has 3 nitrogen and oxygen atoms in total. The number of nitrogens with one attached hydrogen (secondary N) is 1. The standard InChI is InChI=1S/C6H7BrN2O/c7-5-2-1-3-8-6(5)4-9-10/h1-3,6,8H,4H2. The Bertz CT molecular complexity index is 186. The minimum Gasteiger partial charge on any atom is -0.382 e. The van der Waals surface area contributed by atoms with Gasteiger partial charge in [-0.15, -0.1) is 0 Å². The molecular weight excluding hydrogens is 196 g/mol. The van der Waals surface area contributed by atoms with Gasteiger partial charge in [0.2, 0.25) is 0 Å². The van der Waals surface area contributed by atoms with Crippen molar-refractivity contribution < 1.29 is 0 Å². The zero-order valence-corrected chi connectivity index (χ0v) is 6.84. The van der Waals surface area contributed by atoms with Crippen molar-refractivity contribution >= 4 is 15.9 Å². The van der Waals surface area contributed by atoms with Crippen LogP contribution >= 0.6 is 15.9 Å². The van der Waals surface area contributed by atoms with Gasteiger partial charge in [-0.05, 0) is 18.4 Å². The molecule has 0 spiro atoms. The molecule has 10 heavy (non-hydrogen) atoms. The molecule has 0 saturated carbocycles. The minimum absolute atomic E-state index is 0.0301. The summed E-state index contributed by atoms with van der Waals surface area (Å²) in [5, 5.41) is 5.77. The number of allylic oxidation sites excluding steroid dienone is 2. The van der Waals surface area contributed by atoms with Gasteiger partial charge in [0.15, 0.2) is 0 Å². The summed E-state index contributed by atoms with van der Waals surface area (Å²) in [5.41, 5.74) is 0. The fourth-order valence-corrected chi connectivity index (χ4v) is 1.15. The van der Waals surface area contributed by atoms with Crippen LogP contribution in [0.4, 0.5) is 0 Å². The third-order valence-corrected chi connectivity index (χ3v) is 2.06. The van der Waals surface area contributed by atoms with E-state index >= 15 is 0 Å². The van der Waals surface area contributed by atoms with E-state index in [2.05, 4.69) is 26.4 Å².